The molecule has 3 rings (SSSR count). The number of sulfonamides is 1. The summed E-state index contributed by atoms with van der Waals surface area (Å²) in [5, 5.41) is 10.2. The standard InChI is InChI=1S/C18H21NO4S/c1-3-13-4-7-15(8-5-13)24(21,22)19-11-10-18(20)16-12-14(23-2)6-9-17(16)19/h4-9,12,18,20H,3,10-11H2,1-2H3. The van der Waals surface area contributed by atoms with Crippen molar-refractivity contribution in [1.29, 1.82) is 0 Å². The van der Waals surface area contributed by atoms with Gasteiger partial charge in [-0.05, 0) is 48.7 Å². The van der Waals surface area contributed by atoms with Gasteiger partial charge in [-0.15, -0.1) is 0 Å². The molecule has 0 aliphatic carbocycles. The SMILES string of the molecule is CCc1ccc(S(=O)(=O)N2CCC(O)c3cc(OC)ccc32)cc1. The molecule has 24 heavy (non-hydrogen) atoms. The molecule has 6 heteroatoms. The number of rotatable bonds is 4. The first-order valence-corrected chi connectivity index (χ1v) is 9.39. The van der Waals surface area contributed by atoms with E-state index in [-0.39, 0.29) is 11.4 Å². The monoisotopic (exact) mass is 347 g/mol. The number of anilines is 1. The minimum atomic E-state index is -3.66. The molecule has 2 aromatic rings. The van der Waals surface area contributed by atoms with Crippen molar-refractivity contribution in [2.75, 3.05) is 18.0 Å². The lowest BCUT2D eigenvalue weighted by molar-refractivity contribution is 0.166. The fraction of sp³-hybridized carbons (Fsp3) is 0.333. The molecule has 2 aromatic carbocycles. The van der Waals surface area contributed by atoms with E-state index in [2.05, 4.69) is 0 Å². The van der Waals surface area contributed by atoms with E-state index >= 15 is 0 Å². The zero-order chi connectivity index (χ0) is 17.3. The van der Waals surface area contributed by atoms with Crippen molar-refractivity contribution in [3.63, 3.8) is 0 Å². The second-order valence-corrected chi connectivity index (χ2v) is 7.67. The molecule has 0 aromatic heterocycles. The summed E-state index contributed by atoms with van der Waals surface area (Å²) in [4.78, 5) is 0.262. The number of aliphatic hydroxyl groups excluding tert-OH is 1. The number of hydrogen-bond donors (Lipinski definition) is 1. The van der Waals surface area contributed by atoms with E-state index in [9.17, 15) is 13.5 Å². The predicted molar refractivity (Wildman–Crippen MR) is 92.9 cm³/mol. The van der Waals surface area contributed by atoms with E-state index in [4.69, 9.17) is 4.74 Å². The largest absolute Gasteiger partial charge is 0.497 e. The van der Waals surface area contributed by atoms with Crippen molar-refractivity contribution in [3.8, 4) is 5.75 Å². The summed E-state index contributed by atoms with van der Waals surface area (Å²) in [6, 6.07) is 12.0. The highest BCUT2D eigenvalue weighted by atomic mass is 32.2. The van der Waals surface area contributed by atoms with Crippen molar-refractivity contribution in [2.24, 2.45) is 0 Å². The van der Waals surface area contributed by atoms with E-state index in [0.29, 0.717) is 23.4 Å². The van der Waals surface area contributed by atoms with Crippen LogP contribution in [0.1, 0.15) is 30.6 Å². The minimum Gasteiger partial charge on any atom is -0.497 e. The number of aliphatic hydroxyl groups is 1. The molecule has 0 bridgehead atoms. The molecule has 0 spiro atoms. The highest BCUT2D eigenvalue weighted by Gasteiger charge is 2.32. The number of benzene rings is 2. The van der Waals surface area contributed by atoms with E-state index < -0.39 is 16.1 Å². The molecule has 5 nitrogen and oxygen atoms in total. The lowest BCUT2D eigenvalue weighted by Gasteiger charge is -2.33. The molecule has 0 saturated heterocycles. The van der Waals surface area contributed by atoms with Crippen LogP contribution in [0.4, 0.5) is 5.69 Å². The third-order valence-corrected chi connectivity index (χ3v) is 6.22. The summed E-state index contributed by atoms with van der Waals surface area (Å²) < 4.78 is 32.6. The lowest BCUT2D eigenvalue weighted by Crippen LogP contribution is -2.36. The molecule has 128 valence electrons. The van der Waals surface area contributed by atoms with Gasteiger partial charge >= 0.3 is 0 Å². The van der Waals surface area contributed by atoms with E-state index in [0.717, 1.165) is 12.0 Å². The first-order chi connectivity index (χ1) is 11.5. The van der Waals surface area contributed by atoms with Crippen LogP contribution in [0.2, 0.25) is 0 Å². The van der Waals surface area contributed by atoms with Gasteiger partial charge in [0.2, 0.25) is 0 Å². The highest BCUT2D eigenvalue weighted by molar-refractivity contribution is 7.92. The third kappa shape index (κ3) is 2.87. The van der Waals surface area contributed by atoms with Crippen molar-refractivity contribution in [1.82, 2.24) is 0 Å². The van der Waals surface area contributed by atoms with Gasteiger partial charge in [0.15, 0.2) is 0 Å². The van der Waals surface area contributed by atoms with Gasteiger partial charge in [-0.3, -0.25) is 4.31 Å². The van der Waals surface area contributed by atoms with Gasteiger partial charge in [-0.25, -0.2) is 8.42 Å². The minimum absolute atomic E-state index is 0.248. The normalized spacial score (nSPS) is 17.5. The third-order valence-electron chi connectivity index (χ3n) is 4.39. The molecule has 1 N–H and O–H groups in total. The van der Waals surface area contributed by atoms with Crippen LogP contribution in [0, 0.1) is 0 Å². The van der Waals surface area contributed by atoms with Crippen LogP contribution in [-0.4, -0.2) is 27.2 Å². The maximum Gasteiger partial charge on any atom is 0.264 e. The Kier molecular flexibility index (Phi) is 4.51. The number of hydrogen-bond acceptors (Lipinski definition) is 4. The number of aryl methyl sites for hydroxylation is 1. The van der Waals surface area contributed by atoms with Crippen LogP contribution in [-0.2, 0) is 16.4 Å². The Morgan fingerprint density at radius 2 is 1.92 bits per heavy atom. The van der Waals surface area contributed by atoms with Gasteiger partial charge in [-0.2, -0.15) is 0 Å². The summed E-state index contributed by atoms with van der Waals surface area (Å²) in [5.74, 6) is 0.597. The second-order valence-electron chi connectivity index (χ2n) is 5.80. The maximum atomic E-state index is 13.0. The second kappa shape index (κ2) is 6.45. The van der Waals surface area contributed by atoms with Crippen LogP contribution in [0.3, 0.4) is 0 Å². The number of methoxy groups -OCH3 is 1. The van der Waals surface area contributed by atoms with Crippen LogP contribution in [0.25, 0.3) is 0 Å². The zero-order valence-corrected chi connectivity index (χ0v) is 14.6. The number of fused-ring (bicyclic) bond motifs is 1. The van der Waals surface area contributed by atoms with Gasteiger partial charge in [0.25, 0.3) is 10.0 Å². The molecule has 0 radical (unpaired) electrons. The van der Waals surface area contributed by atoms with Gasteiger partial charge < -0.3 is 9.84 Å². The average Bonchev–Trinajstić information content (AvgIpc) is 2.61. The van der Waals surface area contributed by atoms with Gasteiger partial charge in [0.05, 0.1) is 23.8 Å². The fourth-order valence-corrected chi connectivity index (χ4v) is 4.45. The Morgan fingerprint density at radius 3 is 2.54 bits per heavy atom. The molecule has 1 unspecified atom stereocenters. The van der Waals surface area contributed by atoms with Crippen molar-refractivity contribution in [3.05, 3.63) is 53.6 Å². The quantitative estimate of drug-likeness (QED) is 0.923. The summed E-state index contributed by atoms with van der Waals surface area (Å²) >= 11 is 0. The van der Waals surface area contributed by atoms with Crippen LogP contribution in [0.15, 0.2) is 47.4 Å². The summed E-state index contributed by atoms with van der Waals surface area (Å²) in [5.41, 5.74) is 2.18. The molecular weight excluding hydrogens is 326 g/mol. The Bertz CT molecular complexity index is 831. The molecule has 1 atom stereocenters. The zero-order valence-electron chi connectivity index (χ0n) is 13.8. The van der Waals surface area contributed by atoms with Crippen molar-refractivity contribution < 1.29 is 18.3 Å². The summed E-state index contributed by atoms with van der Waals surface area (Å²) in [6.07, 6.45) is 0.523. The Labute approximate surface area is 142 Å². The molecule has 0 saturated carbocycles. The van der Waals surface area contributed by atoms with Gasteiger partial charge in [0.1, 0.15) is 5.75 Å². The number of nitrogens with zero attached hydrogens (tertiary/aromatic N) is 1. The topological polar surface area (TPSA) is 66.8 Å². The van der Waals surface area contributed by atoms with Crippen LogP contribution in [0.5, 0.6) is 5.75 Å². The Balaban J connectivity index is 2.04. The fourth-order valence-electron chi connectivity index (χ4n) is 2.94. The maximum absolute atomic E-state index is 13.0. The molecule has 0 amide bonds. The lowest BCUT2D eigenvalue weighted by atomic mass is 10.0. The van der Waals surface area contributed by atoms with Gasteiger partial charge in [0, 0.05) is 12.1 Å². The first kappa shape index (κ1) is 16.8. The van der Waals surface area contributed by atoms with Gasteiger partial charge in [-0.1, -0.05) is 19.1 Å². The number of ether oxygens (including phenoxy) is 1. The first-order valence-electron chi connectivity index (χ1n) is 7.95. The molecule has 1 aliphatic heterocycles. The molecule has 1 heterocycles. The van der Waals surface area contributed by atoms with E-state index in [1.54, 1.807) is 37.4 Å². The van der Waals surface area contributed by atoms with Crippen LogP contribution >= 0.6 is 0 Å². The van der Waals surface area contributed by atoms with Crippen molar-refractivity contribution in [2.45, 2.75) is 30.8 Å². The van der Waals surface area contributed by atoms with Crippen LogP contribution < -0.4 is 9.04 Å². The average molecular weight is 347 g/mol. The highest BCUT2D eigenvalue weighted by Crippen LogP contribution is 2.38. The van der Waals surface area contributed by atoms with Crippen molar-refractivity contribution >= 4 is 15.7 Å². The predicted octanol–water partition coefficient (Wildman–Crippen LogP) is 2.89. The van der Waals surface area contributed by atoms with E-state index in [1.807, 2.05) is 19.1 Å². The summed E-state index contributed by atoms with van der Waals surface area (Å²) in [6.45, 7) is 2.28. The molecular formula is C18H21NO4S. The van der Waals surface area contributed by atoms with E-state index in [1.165, 1.54) is 4.31 Å². The Morgan fingerprint density at radius 1 is 1.21 bits per heavy atom. The molecule has 1 aliphatic rings. The smallest absolute Gasteiger partial charge is 0.264 e. The Hall–Kier alpha value is -2.05. The molecule has 0 fully saturated rings. The summed E-state index contributed by atoms with van der Waals surface area (Å²) in [7, 11) is -2.12.